The van der Waals surface area contributed by atoms with E-state index in [1.807, 2.05) is 31.6 Å². The smallest absolute Gasteiger partial charge is 0.275 e. The molecule has 1 fully saturated rings. The van der Waals surface area contributed by atoms with E-state index < -0.39 is 0 Å². The van der Waals surface area contributed by atoms with Crippen molar-refractivity contribution in [3.05, 3.63) is 53.0 Å². The number of anilines is 1. The monoisotopic (exact) mass is 413 g/mol. The highest BCUT2D eigenvalue weighted by Crippen LogP contribution is 2.37. The van der Waals surface area contributed by atoms with Crippen molar-refractivity contribution in [2.45, 2.75) is 38.6 Å². The van der Waals surface area contributed by atoms with Crippen LogP contribution in [0.4, 0.5) is 10.1 Å². The Bertz CT molecular complexity index is 1030. The Hall–Kier alpha value is -2.58. The molecule has 3 aromatic rings. The van der Waals surface area contributed by atoms with Gasteiger partial charge in [0, 0.05) is 23.2 Å². The number of carbonyl (C=O) groups is 1. The van der Waals surface area contributed by atoms with E-state index in [9.17, 15) is 9.18 Å². The number of amides is 1. The van der Waals surface area contributed by atoms with Crippen LogP contribution in [0.1, 0.15) is 48.6 Å². The standard InChI is InChI=1S/C21H24FN5OS/c1-21(2,3)18-17(26-20(29-18)15-6-4-5-7-16(15)22)19(28)25-13-10-24-27(12-13)14-8-9-23-11-14/h4-7,10,12,14,23H,8-9,11H2,1-3H3,(H,25,28). The minimum Gasteiger partial charge on any atom is -0.318 e. The van der Waals surface area contributed by atoms with E-state index in [1.54, 1.807) is 24.4 Å². The van der Waals surface area contributed by atoms with Crippen molar-refractivity contribution in [1.82, 2.24) is 20.1 Å². The Morgan fingerprint density at radius 3 is 2.83 bits per heavy atom. The molecule has 2 N–H and O–H groups in total. The number of halogens is 1. The molecule has 3 heterocycles. The number of hydrogen-bond acceptors (Lipinski definition) is 5. The highest BCUT2D eigenvalue weighted by atomic mass is 32.1. The molecule has 0 spiro atoms. The van der Waals surface area contributed by atoms with Crippen molar-refractivity contribution in [1.29, 1.82) is 0 Å². The summed E-state index contributed by atoms with van der Waals surface area (Å²) in [7, 11) is 0. The maximum atomic E-state index is 14.3. The van der Waals surface area contributed by atoms with Gasteiger partial charge in [0.05, 0.1) is 17.9 Å². The van der Waals surface area contributed by atoms with E-state index >= 15 is 0 Å². The predicted molar refractivity (Wildman–Crippen MR) is 113 cm³/mol. The first-order valence-corrected chi connectivity index (χ1v) is 10.5. The van der Waals surface area contributed by atoms with Gasteiger partial charge in [0.2, 0.25) is 0 Å². The van der Waals surface area contributed by atoms with E-state index in [2.05, 4.69) is 20.7 Å². The highest BCUT2D eigenvalue weighted by molar-refractivity contribution is 7.15. The molecule has 0 bridgehead atoms. The van der Waals surface area contributed by atoms with Crippen molar-refractivity contribution >= 4 is 22.9 Å². The lowest BCUT2D eigenvalue weighted by Crippen LogP contribution is -2.19. The molecule has 1 aromatic carbocycles. The lowest BCUT2D eigenvalue weighted by Gasteiger charge is -2.17. The van der Waals surface area contributed by atoms with Crippen molar-refractivity contribution in [3.63, 3.8) is 0 Å². The predicted octanol–water partition coefficient (Wildman–Crippen LogP) is 4.23. The normalized spacial score (nSPS) is 16.9. The number of rotatable bonds is 4. The Morgan fingerprint density at radius 1 is 1.34 bits per heavy atom. The van der Waals surface area contributed by atoms with E-state index in [4.69, 9.17) is 0 Å². The quantitative estimate of drug-likeness (QED) is 0.671. The van der Waals surface area contributed by atoms with Gasteiger partial charge in [-0.15, -0.1) is 11.3 Å². The molecule has 0 radical (unpaired) electrons. The molecule has 0 saturated carbocycles. The van der Waals surface area contributed by atoms with Crippen LogP contribution in [0.5, 0.6) is 0 Å². The second-order valence-corrected chi connectivity index (χ2v) is 9.24. The molecule has 1 aliphatic heterocycles. The summed E-state index contributed by atoms with van der Waals surface area (Å²) < 4.78 is 16.1. The second kappa shape index (κ2) is 7.68. The minimum absolute atomic E-state index is 0.298. The third-order valence-electron chi connectivity index (χ3n) is 4.90. The summed E-state index contributed by atoms with van der Waals surface area (Å²) in [4.78, 5) is 18.4. The van der Waals surface area contributed by atoms with Gasteiger partial charge in [-0.2, -0.15) is 5.10 Å². The average Bonchev–Trinajstić information content (AvgIpc) is 3.41. The van der Waals surface area contributed by atoms with Gasteiger partial charge >= 0.3 is 0 Å². The summed E-state index contributed by atoms with van der Waals surface area (Å²) in [5.41, 5.74) is 1.06. The van der Waals surface area contributed by atoms with Crippen LogP contribution in [0.25, 0.3) is 10.6 Å². The molecule has 152 valence electrons. The van der Waals surface area contributed by atoms with Crippen molar-refractivity contribution in [3.8, 4) is 10.6 Å². The number of hydrogen-bond donors (Lipinski definition) is 2. The largest absolute Gasteiger partial charge is 0.318 e. The van der Waals surface area contributed by atoms with E-state index in [0.717, 1.165) is 24.4 Å². The maximum Gasteiger partial charge on any atom is 0.275 e. The number of carbonyl (C=O) groups excluding carboxylic acids is 1. The third-order valence-corrected chi connectivity index (χ3v) is 6.41. The van der Waals surface area contributed by atoms with E-state index in [0.29, 0.717) is 28.0 Å². The molecule has 2 aromatic heterocycles. The van der Waals surface area contributed by atoms with Gasteiger partial charge in [0.1, 0.15) is 16.5 Å². The van der Waals surface area contributed by atoms with Crippen LogP contribution in [0.2, 0.25) is 0 Å². The van der Waals surface area contributed by atoms with E-state index in [1.165, 1.54) is 17.4 Å². The van der Waals surface area contributed by atoms with Crippen LogP contribution in [0.3, 0.4) is 0 Å². The Morgan fingerprint density at radius 2 is 2.14 bits per heavy atom. The fourth-order valence-corrected chi connectivity index (χ4v) is 4.54. The first-order chi connectivity index (χ1) is 13.8. The fourth-order valence-electron chi connectivity index (χ4n) is 3.39. The average molecular weight is 414 g/mol. The third kappa shape index (κ3) is 4.09. The number of thiazole rings is 1. The lowest BCUT2D eigenvalue weighted by molar-refractivity contribution is 0.102. The fraction of sp³-hybridized carbons (Fsp3) is 0.381. The molecule has 29 heavy (non-hydrogen) atoms. The second-order valence-electron chi connectivity index (χ2n) is 8.24. The Labute approximate surface area is 173 Å². The summed E-state index contributed by atoms with van der Waals surface area (Å²) in [6, 6.07) is 6.80. The molecule has 6 nitrogen and oxygen atoms in total. The number of benzene rings is 1. The summed E-state index contributed by atoms with van der Waals surface area (Å²) in [6.45, 7) is 7.91. The first kappa shape index (κ1) is 19.7. The zero-order valence-corrected chi connectivity index (χ0v) is 17.5. The number of aromatic nitrogens is 3. The van der Waals surface area contributed by atoms with Crippen molar-refractivity contribution in [2.75, 3.05) is 18.4 Å². The van der Waals surface area contributed by atoms with Gasteiger partial charge in [-0.1, -0.05) is 32.9 Å². The topological polar surface area (TPSA) is 71.8 Å². The lowest BCUT2D eigenvalue weighted by atomic mass is 9.93. The molecule has 8 heteroatoms. The Balaban J connectivity index is 1.63. The number of nitrogens with zero attached hydrogens (tertiary/aromatic N) is 3. The van der Waals surface area contributed by atoms with Crippen LogP contribution in [-0.2, 0) is 5.41 Å². The van der Waals surface area contributed by atoms with Gasteiger partial charge < -0.3 is 10.6 Å². The first-order valence-electron chi connectivity index (χ1n) is 9.65. The zero-order valence-electron chi connectivity index (χ0n) is 16.7. The van der Waals surface area contributed by atoms with Crippen LogP contribution in [-0.4, -0.2) is 33.8 Å². The molecular formula is C21H24FN5OS. The van der Waals surface area contributed by atoms with Crippen LogP contribution in [0, 0.1) is 5.82 Å². The number of nitrogens with one attached hydrogen (secondary N) is 2. The molecular weight excluding hydrogens is 389 g/mol. The van der Waals surface area contributed by atoms with Crippen molar-refractivity contribution in [2.24, 2.45) is 0 Å². The van der Waals surface area contributed by atoms with Gasteiger partial charge in [-0.25, -0.2) is 9.37 Å². The molecule has 1 unspecified atom stereocenters. The molecule has 4 rings (SSSR count). The van der Waals surface area contributed by atoms with Gasteiger partial charge in [0.15, 0.2) is 0 Å². The van der Waals surface area contributed by atoms with Gasteiger partial charge in [-0.3, -0.25) is 9.48 Å². The Kier molecular flexibility index (Phi) is 5.23. The molecule has 1 amide bonds. The summed E-state index contributed by atoms with van der Waals surface area (Å²) in [6.07, 6.45) is 4.51. The van der Waals surface area contributed by atoms with Crippen LogP contribution in [0.15, 0.2) is 36.7 Å². The van der Waals surface area contributed by atoms with Crippen LogP contribution >= 0.6 is 11.3 Å². The summed E-state index contributed by atoms with van der Waals surface area (Å²) in [5, 5.41) is 11.1. The molecule has 1 saturated heterocycles. The summed E-state index contributed by atoms with van der Waals surface area (Å²) >= 11 is 1.36. The zero-order chi connectivity index (χ0) is 20.6. The molecule has 1 atom stereocenters. The molecule has 1 aliphatic rings. The SMILES string of the molecule is CC(C)(C)c1sc(-c2ccccc2F)nc1C(=O)Nc1cnn(C2CCNC2)c1. The summed E-state index contributed by atoms with van der Waals surface area (Å²) in [5.74, 6) is -0.655. The van der Waals surface area contributed by atoms with Crippen LogP contribution < -0.4 is 10.6 Å². The van der Waals surface area contributed by atoms with Crippen molar-refractivity contribution < 1.29 is 9.18 Å². The maximum absolute atomic E-state index is 14.3. The van der Waals surface area contributed by atoms with Gasteiger partial charge in [0.25, 0.3) is 5.91 Å². The van der Waals surface area contributed by atoms with E-state index in [-0.39, 0.29) is 17.1 Å². The molecule has 0 aliphatic carbocycles. The minimum atomic E-state index is -0.347. The highest BCUT2D eigenvalue weighted by Gasteiger charge is 2.28. The van der Waals surface area contributed by atoms with Gasteiger partial charge in [-0.05, 0) is 30.5 Å².